The van der Waals surface area contributed by atoms with E-state index in [-0.39, 0.29) is 11.4 Å². The van der Waals surface area contributed by atoms with Crippen LogP contribution >= 0.6 is 0 Å². The number of nitrogens with zero attached hydrogens (tertiary/aromatic N) is 2. The van der Waals surface area contributed by atoms with Crippen molar-refractivity contribution in [2.45, 2.75) is 63.1 Å². The predicted molar refractivity (Wildman–Crippen MR) is 73.3 cm³/mol. The molecule has 1 aliphatic heterocycles. The van der Waals surface area contributed by atoms with Crippen LogP contribution in [0.5, 0.6) is 0 Å². The van der Waals surface area contributed by atoms with Gasteiger partial charge in [-0.1, -0.05) is 0 Å². The van der Waals surface area contributed by atoms with E-state index < -0.39 is 0 Å². The van der Waals surface area contributed by atoms with Gasteiger partial charge in [0.25, 0.3) is 0 Å². The molecule has 0 aromatic carbocycles. The summed E-state index contributed by atoms with van der Waals surface area (Å²) in [7, 11) is 4.11. The molecule has 0 unspecified atom stereocenters. The molecule has 2 rings (SSSR count). The van der Waals surface area contributed by atoms with Crippen LogP contribution in [-0.2, 0) is 4.79 Å². The Morgan fingerprint density at radius 2 is 2.17 bits per heavy atom. The number of hydrogen-bond donors (Lipinski definition) is 1. The van der Waals surface area contributed by atoms with Crippen molar-refractivity contribution in [3.63, 3.8) is 0 Å². The SMILES string of the molecule is C[C@H]1C[C@@H](N(C)C(=O)CC2(N)CCC2)CCN1C. The van der Waals surface area contributed by atoms with Crippen molar-refractivity contribution < 1.29 is 4.79 Å². The lowest BCUT2D eigenvalue weighted by molar-refractivity contribution is -0.135. The maximum atomic E-state index is 12.3. The number of piperidine rings is 1. The zero-order valence-corrected chi connectivity index (χ0v) is 12.0. The van der Waals surface area contributed by atoms with Crippen molar-refractivity contribution in [2.75, 3.05) is 20.6 Å². The molecular formula is C14H27N3O. The molecule has 0 bridgehead atoms. The molecule has 18 heavy (non-hydrogen) atoms. The molecule has 2 fully saturated rings. The van der Waals surface area contributed by atoms with Gasteiger partial charge in [0, 0.05) is 37.6 Å². The Kier molecular flexibility index (Phi) is 3.97. The Hall–Kier alpha value is -0.610. The van der Waals surface area contributed by atoms with E-state index in [1.165, 1.54) is 6.42 Å². The Bertz CT molecular complexity index is 314. The quantitative estimate of drug-likeness (QED) is 0.822. The standard InChI is InChI=1S/C14H27N3O/c1-11-9-12(5-8-16(11)2)17(3)13(18)10-14(15)6-4-7-14/h11-12H,4-10,15H2,1-3H3/t11-,12-/m0/s1. The smallest absolute Gasteiger partial charge is 0.224 e. The van der Waals surface area contributed by atoms with E-state index in [1.54, 1.807) is 0 Å². The molecule has 0 aromatic heterocycles. The van der Waals surface area contributed by atoms with Crippen molar-refractivity contribution in [2.24, 2.45) is 5.73 Å². The van der Waals surface area contributed by atoms with E-state index in [0.717, 1.165) is 32.2 Å². The second kappa shape index (κ2) is 5.17. The molecule has 2 aliphatic rings. The highest BCUT2D eigenvalue weighted by molar-refractivity contribution is 5.77. The molecule has 4 heteroatoms. The van der Waals surface area contributed by atoms with E-state index in [0.29, 0.717) is 18.5 Å². The van der Waals surface area contributed by atoms with Crippen LogP contribution in [0, 0.1) is 0 Å². The average molecular weight is 253 g/mol. The van der Waals surface area contributed by atoms with Gasteiger partial charge >= 0.3 is 0 Å². The fourth-order valence-electron chi connectivity index (χ4n) is 3.05. The van der Waals surface area contributed by atoms with Crippen LogP contribution in [0.3, 0.4) is 0 Å². The van der Waals surface area contributed by atoms with Crippen molar-refractivity contribution in [3.05, 3.63) is 0 Å². The van der Waals surface area contributed by atoms with Crippen LogP contribution in [0.4, 0.5) is 0 Å². The van der Waals surface area contributed by atoms with Crippen LogP contribution in [-0.4, -0.2) is 54.0 Å². The van der Waals surface area contributed by atoms with Gasteiger partial charge in [-0.2, -0.15) is 0 Å². The molecule has 2 N–H and O–H groups in total. The molecule has 1 aliphatic carbocycles. The number of likely N-dealkylation sites (tertiary alicyclic amines) is 1. The zero-order valence-electron chi connectivity index (χ0n) is 12.0. The number of carbonyl (C=O) groups excluding carboxylic acids is 1. The summed E-state index contributed by atoms with van der Waals surface area (Å²) in [6.45, 7) is 3.32. The minimum Gasteiger partial charge on any atom is -0.343 e. The summed E-state index contributed by atoms with van der Waals surface area (Å²) in [5, 5.41) is 0. The average Bonchev–Trinajstić information content (AvgIpc) is 2.29. The number of carbonyl (C=O) groups is 1. The van der Waals surface area contributed by atoms with Crippen LogP contribution in [0.1, 0.15) is 45.4 Å². The van der Waals surface area contributed by atoms with Gasteiger partial charge in [-0.15, -0.1) is 0 Å². The van der Waals surface area contributed by atoms with Gasteiger partial charge < -0.3 is 15.5 Å². The van der Waals surface area contributed by atoms with Crippen LogP contribution < -0.4 is 5.73 Å². The first-order valence-electron chi connectivity index (χ1n) is 7.16. The molecule has 0 aromatic rings. The summed E-state index contributed by atoms with van der Waals surface area (Å²) in [4.78, 5) is 16.6. The van der Waals surface area contributed by atoms with E-state index in [2.05, 4.69) is 18.9 Å². The van der Waals surface area contributed by atoms with Crippen LogP contribution in [0.25, 0.3) is 0 Å². The molecule has 1 saturated heterocycles. The van der Waals surface area contributed by atoms with Crippen LogP contribution in [0.15, 0.2) is 0 Å². The van der Waals surface area contributed by atoms with Gasteiger partial charge in [0.05, 0.1) is 0 Å². The molecule has 1 heterocycles. The molecule has 2 atom stereocenters. The van der Waals surface area contributed by atoms with Crippen molar-refractivity contribution in [1.29, 1.82) is 0 Å². The summed E-state index contributed by atoms with van der Waals surface area (Å²) in [5.74, 6) is 0.235. The summed E-state index contributed by atoms with van der Waals surface area (Å²) in [6, 6.07) is 0.960. The molecule has 1 amide bonds. The molecule has 0 spiro atoms. The summed E-state index contributed by atoms with van der Waals surface area (Å²) in [6.07, 6.45) is 5.90. The summed E-state index contributed by atoms with van der Waals surface area (Å²) < 4.78 is 0. The van der Waals surface area contributed by atoms with E-state index in [1.807, 2.05) is 11.9 Å². The molecule has 104 valence electrons. The number of amides is 1. The fraction of sp³-hybridized carbons (Fsp3) is 0.929. The normalized spacial score (nSPS) is 31.8. The Morgan fingerprint density at radius 3 is 2.67 bits per heavy atom. The van der Waals surface area contributed by atoms with Gasteiger partial charge in [-0.25, -0.2) is 0 Å². The first-order chi connectivity index (χ1) is 8.41. The van der Waals surface area contributed by atoms with Gasteiger partial charge in [0.15, 0.2) is 0 Å². The largest absolute Gasteiger partial charge is 0.343 e. The van der Waals surface area contributed by atoms with Crippen molar-refractivity contribution in [3.8, 4) is 0 Å². The third-order valence-electron chi connectivity index (χ3n) is 4.97. The zero-order chi connectivity index (χ0) is 13.3. The van der Waals surface area contributed by atoms with E-state index >= 15 is 0 Å². The van der Waals surface area contributed by atoms with Gasteiger partial charge in [0.2, 0.25) is 5.91 Å². The van der Waals surface area contributed by atoms with Gasteiger partial charge in [0.1, 0.15) is 0 Å². The van der Waals surface area contributed by atoms with E-state index in [4.69, 9.17) is 5.73 Å². The maximum Gasteiger partial charge on any atom is 0.224 e. The second-order valence-electron chi connectivity index (χ2n) is 6.41. The molecule has 1 saturated carbocycles. The Labute approximate surface area is 110 Å². The summed E-state index contributed by atoms with van der Waals surface area (Å²) >= 11 is 0. The third-order valence-corrected chi connectivity index (χ3v) is 4.97. The first-order valence-corrected chi connectivity index (χ1v) is 7.16. The maximum absolute atomic E-state index is 12.3. The highest BCUT2D eigenvalue weighted by Crippen LogP contribution is 2.33. The third kappa shape index (κ3) is 2.86. The predicted octanol–water partition coefficient (Wildman–Crippen LogP) is 1.20. The molecule has 0 radical (unpaired) electrons. The lowest BCUT2D eigenvalue weighted by Gasteiger charge is -2.42. The fourth-order valence-corrected chi connectivity index (χ4v) is 3.05. The Morgan fingerprint density at radius 1 is 1.50 bits per heavy atom. The lowest BCUT2D eigenvalue weighted by atomic mass is 9.75. The first kappa shape index (κ1) is 13.8. The highest BCUT2D eigenvalue weighted by atomic mass is 16.2. The number of rotatable bonds is 3. The van der Waals surface area contributed by atoms with E-state index in [9.17, 15) is 4.79 Å². The Balaban J connectivity index is 1.86. The lowest BCUT2D eigenvalue weighted by Crippen LogP contribution is -2.53. The number of nitrogens with two attached hydrogens (primary N) is 1. The van der Waals surface area contributed by atoms with Gasteiger partial charge in [-0.05, 0) is 46.1 Å². The molecule has 4 nitrogen and oxygen atoms in total. The van der Waals surface area contributed by atoms with Crippen molar-refractivity contribution >= 4 is 5.91 Å². The highest BCUT2D eigenvalue weighted by Gasteiger charge is 2.37. The van der Waals surface area contributed by atoms with Crippen molar-refractivity contribution in [1.82, 2.24) is 9.80 Å². The molecular weight excluding hydrogens is 226 g/mol. The topological polar surface area (TPSA) is 49.6 Å². The van der Waals surface area contributed by atoms with Gasteiger partial charge in [-0.3, -0.25) is 4.79 Å². The number of hydrogen-bond acceptors (Lipinski definition) is 3. The summed E-state index contributed by atoms with van der Waals surface area (Å²) in [5.41, 5.74) is 5.97. The monoisotopic (exact) mass is 253 g/mol. The van der Waals surface area contributed by atoms with Crippen LogP contribution in [0.2, 0.25) is 0 Å². The minimum atomic E-state index is -0.192. The minimum absolute atomic E-state index is 0.192. The second-order valence-corrected chi connectivity index (χ2v) is 6.41.